The van der Waals surface area contributed by atoms with Crippen molar-refractivity contribution in [2.45, 2.75) is 51.3 Å². The number of alkyl halides is 3. The molecule has 0 radical (unpaired) electrons. The maximum atomic E-state index is 12.5. The van der Waals surface area contributed by atoms with Crippen LogP contribution in [0.4, 0.5) is 18.0 Å². The smallest absolute Gasteiger partial charge is 0.444 e. The van der Waals surface area contributed by atoms with Crippen LogP contribution in [0.25, 0.3) is 0 Å². The summed E-state index contributed by atoms with van der Waals surface area (Å²) < 4.78 is 65.2. The fourth-order valence-electron chi connectivity index (χ4n) is 1.81. The molecular weight excluding hydrogens is 311 g/mol. The Morgan fingerprint density at radius 2 is 1.86 bits per heavy atom. The molecule has 0 N–H and O–H groups in total. The van der Waals surface area contributed by atoms with Crippen LogP contribution in [-0.4, -0.2) is 43.1 Å². The lowest BCUT2D eigenvalue weighted by Crippen LogP contribution is -2.45. The van der Waals surface area contributed by atoms with E-state index in [1.54, 1.807) is 20.8 Å². The summed E-state index contributed by atoms with van der Waals surface area (Å²) in [6.07, 6.45) is -0.164. The molecular formula is C12H18F3NO4S. The van der Waals surface area contributed by atoms with Gasteiger partial charge in [-0.3, -0.25) is 0 Å². The van der Waals surface area contributed by atoms with Crippen LogP contribution in [0, 0.1) is 0 Å². The van der Waals surface area contributed by atoms with Crippen LogP contribution >= 0.6 is 0 Å². The molecule has 0 bridgehead atoms. The SMILES string of the molecule is CC1CC(S(=O)(=O)C(F)(F)F)=CCN1C(=O)OC(C)(C)C. The minimum Gasteiger partial charge on any atom is -0.444 e. The highest BCUT2D eigenvalue weighted by Gasteiger charge is 2.49. The fourth-order valence-corrected chi connectivity index (χ4v) is 2.86. The monoisotopic (exact) mass is 329 g/mol. The number of nitrogens with zero attached hydrogens (tertiary/aromatic N) is 1. The molecule has 0 saturated carbocycles. The maximum absolute atomic E-state index is 12.5. The normalized spacial score (nSPS) is 21.0. The lowest BCUT2D eigenvalue weighted by molar-refractivity contribution is -0.0428. The van der Waals surface area contributed by atoms with Crippen LogP contribution in [0.2, 0.25) is 0 Å². The van der Waals surface area contributed by atoms with Crippen molar-refractivity contribution in [3.63, 3.8) is 0 Å². The summed E-state index contributed by atoms with van der Waals surface area (Å²) in [7, 11) is -5.33. The molecule has 1 amide bonds. The first-order valence-corrected chi connectivity index (χ1v) is 7.74. The largest absolute Gasteiger partial charge is 0.501 e. The zero-order valence-corrected chi connectivity index (χ0v) is 13.0. The second-order valence-corrected chi connectivity index (χ2v) is 7.80. The number of carbonyl (C=O) groups excluding carboxylic acids is 1. The Kier molecular flexibility index (Phi) is 4.67. The summed E-state index contributed by atoms with van der Waals surface area (Å²) in [6.45, 7) is 6.22. The van der Waals surface area contributed by atoms with Gasteiger partial charge in [-0.1, -0.05) is 6.08 Å². The minimum absolute atomic E-state index is 0.235. The minimum atomic E-state index is -5.33. The number of hydrogen-bond donors (Lipinski definition) is 0. The molecule has 1 heterocycles. The van der Waals surface area contributed by atoms with Crippen molar-refractivity contribution in [1.82, 2.24) is 4.90 Å². The van der Waals surface area contributed by atoms with Gasteiger partial charge in [0.15, 0.2) is 0 Å². The Morgan fingerprint density at radius 3 is 2.24 bits per heavy atom. The molecule has 0 aromatic carbocycles. The molecule has 1 atom stereocenters. The molecule has 1 rings (SSSR count). The molecule has 0 spiro atoms. The summed E-state index contributed by atoms with van der Waals surface area (Å²) in [5.74, 6) is 0. The molecule has 0 saturated heterocycles. The lowest BCUT2D eigenvalue weighted by Gasteiger charge is -2.34. The quantitative estimate of drug-likeness (QED) is 0.742. The highest BCUT2D eigenvalue weighted by atomic mass is 32.2. The van der Waals surface area contributed by atoms with E-state index in [-0.39, 0.29) is 13.0 Å². The van der Waals surface area contributed by atoms with E-state index in [0.29, 0.717) is 0 Å². The summed E-state index contributed by atoms with van der Waals surface area (Å²) in [4.78, 5) is 12.4. The van der Waals surface area contributed by atoms with Gasteiger partial charge in [-0.25, -0.2) is 13.2 Å². The Hall–Kier alpha value is -1.25. The van der Waals surface area contributed by atoms with Crippen LogP contribution in [0.1, 0.15) is 34.1 Å². The molecule has 1 aliphatic heterocycles. The van der Waals surface area contributed by atoms with E-state index in [2.05, 4.69) is 0 Å². The zero-order valence-electron chi connectivity index (χ0n) is 12.2. The number of carbonyl (C=O) groups is 1. The summed E-state index contributed by atoms with van der Waals surface area (Å²) in [6, 6.07) is -0.697. The molecule has 0 fully saturated rings. The van der Waals surface area contributed by atoms with E-state index in [1.165, 1.54) is 11.8 Å². The second-order valence-electron chi connectivity index (χ2n) is 5.81. The Morgan fingerprint density at radius 1 is 1.33 bits per heavy atom. The van der Waals surface area contributed by atoms with Gasteiger partial charge in [0.2, 0.25) is 0 Å². The highest BCUT2D eigenvalue weighted by Crippen LogP contribution is 2.34. The van der Waals surface area contributed by atoms with Crippen molar-refractivity contribution in [2.24, 2.45) is 0 Å². The van der Waals surface area contributed by atoms with Crippen molar-refractivity contribution in [1.29, 1.82) is 0 Å². The van der Waals surface area contributed by atoms with Gasteiger partial charge in [0.25, 0.3) is 9.84 Å². The fraction of sp³-hybridized carbons (Fsp3) is 0.750. The molecule has 1 aliphatic rings. The summed E-state index contributed by atoms with van der Waals surface area (Å²) >= 11 is 0. The average Bonchev–Trinajstić information content (AvgIpc) is 2.24. The Balaban J connectivity index is 2.93. The summed E-state index contributed by atoms with van der Waals surface area (Å²) in [5.41, 5.74) is -6.06. The van der Waals surface area contributed by atoms with Gasteiger partial charge in [-0.15, -0.1) is 0 Å². The average molecular weight is 329 g/mol. The van der Waals surface area contributed by atoms with E-state index in [4.69, 9.17) is 4.74 Å². The van der Waals surface area contributed by atoms with Crippen LogP contribution < -0.4 is 0 Å². The van der Waals surface area contributed by atoms with Gasteiger partial charge in [-0.2, -0.15) is 13.2 Å². The van der Waals surface area contributed by atoms with E-state index in [9.17, 15) is 26.4 Å². The molecule has 122 valence electrons. The van der Waals surface area contributed by atoms with Crippen LogP contribution in [-0.2, 0) is 14.6 Å². The van der Waals surface area contributed by atoms with Crippen molar-refractivity contribution in [3.05, 3.63) is 11.0 Å². The van der Waals surface area contributed by atoms with Gasteiger partial charge in [0.1, 0.15) is 5.60 Å². The maximum Gasteiger partial charge on any atom is 0.501 e. The van der Waals surface area contributed by atoms with Gasteiger partial charge in [0.05, 0.1) is 4.91 Å². The van der Waals surface area contributed by atoms with Gasteiger partial charge >= 0.3 is 11.6 Å². The molecule has 1 unspecified atom stereocenters. The second kappa shape index (κ2) is 5.51. The molecule has 21 heavy (non-hydrogen) atoms. The van der Waals surface area contributed by atoms with E-state index in [1.807, 2.05) is 0 Å². The topological polar surface area (TPSA) is 63.7 Å². The first-order valence-electron chi connectivity index (χ1n) is 6.26. The Labute approximate surface area is 121 Å². The van der Waals surface area contributed by atoms with Gasteiger partial charge < -0.3 is 9.64 Å². The number of halogens is 3. The van der Waals surface area contributed by atoms with Crippen LogP contribution in [0.3, 0.4) is 0 Å². The third-order valence-electron chi connectivity index (χ3n) is 2.82. The lowest BCUT2D eigenvalue weighted by atomic mass is 10.1. The van der Waals surface area contributed by atoms with Crippen LogP contribution in [0.15, 0.2) is 11.0 Å². The van der Waals surface area contributed by atoms with Crippen molar-refractivity contribution >= 4 is 15.9 Å². The molecule has 5 nitrogen and oxygen atoms in total. The number of hydrogen-bond acceptors (Lipinski definition) is 4. The van der Waals surface area contributed by atoms with Crippen molar-refractivity contribution < 1.29 is 31.1 Å². The number of ether oxygens (including phenoxy) is 1. The van der Waals surface area contributed by atoms with Crippen molar-refractivity contribution in [3.8, 4) is 0 Å². The molecule has 0 aromatic heterocycles. The summed E-state index contributed by atoms with van der Waals surface area (Å²) in [5, 5.41) is 0. The number of rotatable bonds is 1. The Bertz CT molecular complexity index is 546. The van der Waals surface area contributed by atoms with Crippen molar-refractivity contribution in [2.75, 3.05) is 6.54 Å². The third kappa shape index (κ3) is 4.12. The predicted molar refractivity (Wildman–Crippen MR) is 70.1 cm³/mol. The standard InChI is InChI=1S/C12H18F3NO4S/c1-8-7-9(21(18,19)12(13,14)15)5-6-16(8)10(17)20-11(2,3)4/h5,8H,6-7H2,1-4H3. The first kappa shape index (κ1) is 17.8. The predicted octanol–water partition coefficient (Wildman–Crippen LogP) is 2.83. The first-order chi connectivity index (χ1) is 9.25. The van der Waals surface area contributed by atoms with E-state index in [0.717, 1.165) is 6.08 Å². The number of amides is 1. The number of sulfone groups is 1. The molecule has 0 aromatic rings. The van der Waals surface area contributed by atoms with Crippen LogP contribution in [0.5, 0.6) is 0 Å². The highest BCUT2D eigenvalue weighted by molar-refractivity contribution is 7.96. The molecule has 9 heteroatoms. The van der Waals surface area contributed by atoms with E-state index < -0.39 is 38.0 Å². The van der Waals surface area contributed by atoms with Gasteiger partial charge in [-0.05, 0) is 27.7 Å². The third-order valence-corrected chi connectivity index (χ3v) is 4.46. The zero-order chi connectivity index (χ0) is 16.6. The van der Waals surface area contributed by atoms with Gasteiger partial charge in [0, 0.05) is 19.0 Å². The van der Waals surface area contributed by atoms with E-state index >= 15 is 0 Å². The molecule has 0 aliphatic carbocycles.